The number of benzene rings is 2. The monoisotopic (exact) mass is 347 g/mol. The number of hydrogen-bond donors (Lipinski definition) is 1. The zero-order valence-corrected chi connectivity index (χ0v) is 15.2. The van der Waals surface area contributed by atoms with E-state index in [4.69, 9.17) is 9.72 Å². The van der Waals surface area contributed by atoms with Gasteiger partial charge in [0.15, 0.2) is 0 Å². The van der Waals surface area contributed by atoms with Crippen molar-refractivity contribution in [3.63, 3.8) is 0 Å². The summed E-state index contributed by atoms with van der Waals surface area (Å²) in [6.07, 6.45) is 1.75. The van der Waals surface area contributed by atoms with Crippen LogP contribution in [0.3, 0.4) is 0 Å². The SMILES string of the molecule is C=CCN1C(=O)C(C)(C)c2ccc(-c3nc4c(OC)cccc4[nH]3)cc21. The first-order valence-electron chi connectivity index (χ1n) is 8.58. The number of imidazole rings is 1. The number of fused-ring (bicyclic) bond motifs is 2. The van der Waals surface area contributed by atoms with Gasteiger partial charge in [-0.3, -0.25) is 4.79 Å². The smallest absolute Gasteiger partial charge is 0.237 e. The van der Waals surface area contributed by atoms with E-state index in [1.807, 2.05) is 50.2 Å². The number of nitrogens with one attached hydrogen (secondary N) is 1. The van der Waals surface area contributed by atoms with E-state index in [1.54, 1.807) is 18.1 Å². The second kappa shape index (κ2) is 5.73. The maximum atomic E-state index is 12.8. The molecule has 0 radical (unpaired) electrons. The highest BCUT2D eigenvalue weighted by Crippen LogP contribution is 2.43. The lowest BCUT2D eigenvalue weighted by Crippen LogP contribution is -2.36. The Bertz CT molecular complexity index is 1030. The third-order valence-corrected chi connectivity index (χ3v) is 5.02. The molecule has 2 heterocycles. The molecule has 0 saturated heterocycles. The number of aromatic nitrogens is 2. The van der Waals surface area contributed by atoms with Crippen molar-refractivity contribution < 1.29 is 9.53 Å². The average molecular weight is 347 g/mol. The fourth-order valence-electron chi connectivity index (χ4n) is 3.61. The Labute approximate surface area is 152 Å². The van der Waals surface area contributed by atoms with Crippen LogP contribution in [0.5, 0.6) is 5.75 Å². The van der Waals surface area contributed by atoms with Gasteiger partial charge in [0.25, 0.3) is 0 Å². The predicted octanol–water partition coefficient (Wildman–Crippen LogP) is 4.05. The van der Waals surface area contributed by atoms with Crippen LogP contribution in [0.1, 0.15) is 19.4 Å². The molecular formula is C21H21N3O2. The van der Waals surface area contributed by atoms with E-state index in [-0.39, 0.29) is 5.91 Å². The number of para-hydroxylation sites is 1. The van der Waals surface area contributed by atoms with E-state index in [2.05, 4.69) is 11.6 Å². The molecule has 0 saturated carbocycles. The fraction of sp³-hybridized carbons (Fsp3) is 0.238. The molecule has 0 fully saturated rings. The van der Waals surface area contributed by atoms with Crippen LogP contribution < -0.4 is 9.64 Å². The van der Waals surface area contributed by atoms with Gasteiger partial charge in [0.05, 0.1) is 18.0 Å². The molecule has 132 valence electrons. The van der Waals surface area contributed by atoms with Gasteiger partial charge >= 0.3 is 0 Å². The quantitative estimate of drug-likeness (QED) is 0.725. The number of hydrogen-bond acceptors (Lipinski definition) is 3. The average Bonchev–Trinajstić information content (AvgIpc) is 3.15. The van der Waals surface area contributed by atoms with E-state index in [9.17, 15) is 4.79 Å². The Morgan fingerprint density at radius 3 is 2.85 bits per heavy atom. The van der Waals surface area contributed by atoms with Gasteiger partial charge in [-0.15, -0.1) is 6.58 Å². The largest absolute Gasteiger partial charge is 0.494 e. The van der Waals surface area contributed by atoms with Crippen LogP contribution in [-0.2, 0) is 10.2 Å². The normalized spacial score (nSPS) is 15.3. The first-order valence-corrected chi connectivity index (χ1v) is 8.58. The number of nitrogens with zero attached hydrogens (tertiary/aromatic N) is 2. The van der Waals surface area contributed by atoms with Crippen LogP contribution in [0, 0.1) is 0 Å². The minimum Gasteiger partial charge on any atom is -0.494 e. The van der Waals surface area contributed by atoms with Crippen LogP contribution in [-0.4, -0.2) is 29.5 Å². The van der Waals surface area contributed by atoms with Gasteiger partial charge in [-0.2, -0.15) is 0 Å². The third kappa shape index (κ3) is 2.24. The second-order valence-electron chi connectivity index (χ2n) is 7.00. The molecular weight excluding hydrogens is 326 g/mol. The molecule has 1 aliphatic heterocycles. The molecule has 0 spiro atoms. The molecule has 3 aromatic rings. The molecule has 0 atom stereocenters. The van der Waals surface area contributed by atoms with E-state index >= 15 is 0 Å². The number of rotatable bonds is 4. The molecule has 1 aliphatic rings. The van der Waals surface area contributed by atoms with Crippen LogP contribution in [0.2, 0.25) is 0 Å². The molecule has 0 bridgehead atoms. The highest BCUT2D eigenvalue weighted by molar-refractivity contribution is 6.08. The summed E-state index contributed by atoms with van der Waals surface area (Å²) in [4.78, 5) is 22.6. The Balaban J connectivity index is 1.86. The fourth-order valence-corrected chi connectivity index (χ4v) is 3.61. The third-order valence-electron chi connectivity index (χ3n) is 5.02. The van der Waals surface area contributed by atoms with Crippen molar-refractivity contribution in [2.45, 2.75) is 19.3 Å². The summed E-state index contributed by atoms with van der Waals surface area (Å²) >= 11 is 0. The molecule has 5 nitrogen and oxygen atoms in total. The molecule has 1 amide bonds. The van der Waals surface area contributed by atoms with Crippen LogP contribution >= 0.6 is 0 Å². The molecule has 2 aromatic carbocycles. The van der Waals surface area contributed by atoms with Gasteiger partial charge in [-0.05, 0) is 37.6 Å². The van der Waals surface area contributed by atoms with Gasteiger partial charge < -0.3 is 14.6 Å². The van der Waals surface area contributed by atoms with Crippen molar-refractivity contribution in [2.24, 2.45) is 0 Å². The molecule has 1 N–H and O–H groups in total. The van der Waals surface area contributed by atoms with Crippen LogP contribution in [0.15, 0.2) is 49.1 Å². The lowest BCUT2D eigenvalue weighted by Gasteiger charge is -2.18. The summed E-state index contributed by atoms with van der Waals surface area (Å²) in [7, 11) is 1.64. The first kappa shape index (κ1) is 16.4. The van der Waals surface area contributed by atoms with Crippen molar-refractivity contribution in [3.8, 4) is 17.1 Å². The molecule has 1 aromatic heterocycles. The molecule has 0 aliphatic carbocycles. The Morgan fingerprint density at radius 1 is 1.31 bits per heavy atom. The molecule has 0 unspecified atom stereocenters. The van der Waals surface area contributed by atoms with Crippen LogP contribution in [0.4, 0.5) is 5.69 Å². The predicted molar refractivity (Wildman–Crippen MR) is 104 cm³/mol. The Morgan fingerprint density at radius 2 is 2.12 bits per heavy atom. The number of carbonyl (C=O) groups excluding carboxylic acids is 1. The molecule has 5 heteroatoms. The van der Waals surface area contributed by atoms with E-state index in [0.717, 1.165) is 39.4 Å². The van der Waals surface area contributed by atoms with Crippen molar-refractivity contribution in [2.75, 3.05) is 18.6 Å². The minimum atomic E-state index is -0.534. The number of anilines is 1. The lowest BCUT2D eigenvalue weighted by molar-refractivity contribution is -0.122. The zero-order valence-electron chi connectivity index (χ0n) is 15.2. The number of aromatic amines is 1. The van der Waals surface area contributed by atoms with Crippen molar-refractivity contribution in [3.05, 3.63) is 54.6 Å². The summed E-state index contributed by atoms with van der Waals surface area (Å²) in [5.74, 6) is 1.58. The topological polar surface area (TPSA) is 58.2 Å². The summed E-state index contributed by atoms with van der Waals surface area (Å²) in [6.45, 7) is 8.20. The maximum absolute atomic E-state index is 12.8. The number of H-pyrrole nitrogens is 1. The lowest BCUT2D eigenvalue weighted by atomic mass is 9.86. The maximum Gasteiger partial charge on any atom is 0.237 e. The minimum absolute atomic E-state index is 0.0934. The van der Waals surface area contributed by atoms with E-state index < -0.39 is 5.41 Å². The van der Waals surface area contributed by atoms with Crippen molar-refractivity contribution in [1.29, 1.82) is 0 Å². The van der Waals surface area contributed by atoms with Crippen LogP contribution in [0.25, 0.3) is 22.4 Å². The summed E-state index contributed by atoms with van der Waals surface area (Å²) in [6, 6.07) is 11.8. The zero-order chi connectivity index (χ0) is 18.5. The van der Waals surface area contributed by atoms with Crippen molar-refractivity contribution in [1.82, 2.24) is 9.97 Å². The number of amides is 1. The van der Waals surface area contributed by atoms with Gasteiger partial charge in [0, 0.05) is 17.8 Å². The van der Waals surface area contributed by atoms with E-state index in [1.165, 1.54) is 0 Å². The highest BCUT2D eigenvalue weighted by atomic mass is 16.5. The summed E-state index contributed by atoms with van der Waals surface area (Å²) < 4.78 is 5.39. The van der Waals surface area contributed by atoms with Gasteiger partial charge in [0.2, 0.25) is 5.91 Å². The molecule has 4 rings (SSSR count). The Hall–Kier alpha value is -3.08. The highest BCUT2D eigenvalue weighted by Gasteiger charge is 2.43. The standard InChI is InChI=1S/C21H21N3O2/c1-5-11-24-16-12-13(9-10-14(16)21(2,3)20(24)25)19-22-15-7-6-8-17(26-4)18(15)23-19/h5-10,12H,1,11H2,2-4H3,(H,22,23). The second-order valence-corrected chi connectivity index (χ2v) is 7.00. The Kier molecular flexibility index (Phi) is 3.61. The summed E-state index contributed by atoms with van der Waals surface area (Å²) in [5, 5.41) is 0. The molecule has 26 heavy (non-hydrogen) atoms. The van der Waals surface area contributed by atoms with Gasteiger partial charge in [0.1, 0.15) is 17.1 Å². The van der Waals surface area contributed by atoms with E-state index in [0.29, 0.717) is 6.54 Å². The van der Waals surface area contributed by atoms with Gasteiger partial charge in [-0.25, -0.2) is 4.98 Å². The number of carbonyl (C=O) groups is 1. The number of ether oxygens (including phenoxy) is 1. The number of methoxy groups -OCH3 is 1. The van der Waals surface area contributed by atoms with Crippen molar-refractivity contribution >= 4 is 22.6 Å². The van der Waals surface area contributed by atoms with Gasteiger partial charge in [-0.1, -0.05) is 24.3 Å². The summed E-state index contributed by atoms with van der Waals surface area (Å²) in [5.41, 5.74) is 4.06. The first-order chi connectivity index (χ1) is 12.5.